The van der Waals surface area contributed by atoms with Crippen molar-refractivity contribution < 1.29 is 0 Å². The molecule has 1 aromatic carbocycles. The van der Waals surface area contributed by atoms with Crippen molar-refractivity contribution in [3.63, 3.8) is 0 Å². The predicted molar refractivity (Wildman–Crippen MR) is 99.4 cm³/mol. The van der Waals surface area contributed by atoms with Crippen LogP contribution < -0.4 is 4.90 Å². The maximum Gasteiger partial charge on any atom is 0.186 e. The van der Waals surface area contributed by atoms with Crippen LogP contribution in [0, 0.1) is 10.8 Å². The fourth-order valence-electron chi connectivity index (χ4n) is 4.83. The highest BCUT2D eigenvalue weighted by Crippen LogP contribution is 2.53. The summed E-state index contributed by atoms with van der Waals surface area (Å²) in [6.07, 6.45) is 3.91. The summed E-state index contributed by atoms with van der Waals surface area (Å²) in [5.41, 5.74) is 3.10. The van der Waals surface area contributed by atoms with E-state index in [0.717, 1.165) is 22.8 Å². The first-order chi connectivity index (χ1) is 10.8. The predicted octanol–water partition coefficient (Wildman–Crippen LogP) is 5.87. The first-order valence-corrected chi connectivity index (χ1v) is 9.58. The number of nitrogens with zero attached hydrogens (tertiary/aromatic N) is 2. The average Bonchev–Trinajstić information content (AvgIpc) is 3.01. The van der Waals surface area contributed by atoms with Gasteiger partial charge in [0.25, 0.3) is 0 Å². The standard InChI is InChI=1S/C19H23ClN2S/c1-18(2)8-15-9-19(3,11-18)12-22(15)17-21-16(10-23-17)13-4-6-14(20)7-5-13/h4-7,10,15H,8-9,11-12H2,1-3H3/t15-,19-/m1/s1. The second kappa shape index (κ2) is 5.22. The number of aromatic nitrogens is 1. The fraction of sp³-hybridized carbons (Fsp3) is 0.526. The average molecular weight is 347 g/mol. The molecule has 1 aliphatic carbocycles. The molecule has 1 aliphatic heterocycles. The highest BCUT2D eigenvalue weighted by molar-refractivity contribution is 7.14. The van der Waals surface area contributed by atoms with Crippen molar-refractivity contribution in [2.24, 2.45) is 10.8 Å². The molecule has 4 heteroatoms. The lowest BCUT2D eigenvalue weighted by Crippen LogP contribution is -2.34. The first kappa shape index (κ1) is 15.5. The molecular weight excluding hydrogens is 324 g/mol. The summed E-state index contributed by atoms with van der Waals surface area (Å²) in [7, 11) is 0. The van der Waals surface area contributed by atoms with Crippen molar-refractivity contribution in [2.75, 3.05) is 11.4 Å². The lowest BCUT2D eigenvalue weighted by Gasteiger charge is -2.39. The van der Waals surface area contributed by atoms with E-state index in [1.165, 1.54) is 24.4 Å². The Morgan fingerprint density at radius 3 is 2.65 bits per heavy atom. The molecule has 2 bridgehead atoms. The number of benzene rings is 1. The molecule has 0 unspecified atom stereocenters. The van der Waals surface area contributed by atoms with Crippen molar-refractivity contribution >= 4 is 28.1 Å². The number of thiazole rings is 1. The Kier molecular flexibility index (Phi) is 3.51. The quantitative estimate of drug-likeness (QED) is 0.676. The third-order valence-electron chi connectivity index (χ3n) is 5.29. The van der Waals surface area contributed by atoms with Gasteiger partial charge in [-0.1, -0.05) is 44.5 Å². The fourth-order valence-corrected chi connectivity index (χ4v) is 5.86. The summed E-state index contributed by atoms with van der Waals surface area (Å²) in [4.78, 5) is 7.50. The van der Waals surface area contributed by atoms with Gasteiger partial charge in [0.1, 0.15) is 0 Å². The van der Waals surface area contributed by atoms with Gasteiger partial charge in [-0.15, -0.1) is 11.3 Å². The minimum atomic E-state index is 0.443. The van der Waals surface area contributed by atoms with Crippen molar-refractivity contribution in [2.45, 2.75) is 46.1 Å². The van der Waals surface area contributed by atoms with Crippen LogP contribution in [-0.4, -0.2) is 17.6 Å². The van der Waals surface area contributed by atoms with Gasteiger partial charge in [-0.3, -0.25) is 0 Å². The van der Waals surface area contributed by atoms with Crippen molar-refractivity contribution in [1.82, 2.24) is 4.98 Å². The molecule has 1 saturated carbocycles. The van der Waals surface area contributed by atoms with Gasteiger partial charge in [0.2, 0.25) is 0 Å². The monoisotopic (exact) mass is 346 g/mol. The lowest BCUT2D eigenvalue weighted by molar-refractivity contribution is 0.136. The largest absolute Gasteiger partial charge is 0.345 e. The van der Waals surface area contributed by atoms with E-state index >= 15 is 0 Å². The molecule has 2 aliphatic rings. The zero-order chi connectivity index (χ0) is 16.2. The van der Waals surface area contributed by atoms with Crippen LogP contribution >= 0.6 is 22.9 Å². The Balaban J connectivity index is 1.61. The van der Waals surface area contributed by atoms with E-state index < -0.39 is 0 Å². The van der Waals surface area contributed by atoms with Crippen molar-refractivity contribution in [3.05, 3.63) is 34.7 Å². The van der Waals surface area contributed by atoms with Crippen LogP contribution in [-0.2, 0) is 0 Å². The highest BCUT2D eigenvalue weighted by atomic mass is 35.5. The molecule has 0 spiro atoms. The summed E-state index contributed by atoms with van der Waals surface area (Å²) in [5.74, 6) is 0. The van der Waals surface area contributed by atoms with Gasteiger partial charge in [-0.05, 0) is 42.2 Å². The van der Waals surface area contributed by atoms with E-state index in [-0.39, 0.29) is 0 Å². The molecule has 2 atom stereocenters. The zero-order valence-electron chi connectivity index (χ0n) is 14.0. The summed E-state index contributed by atoms with van der Waals surface area (Å²) >= 11 is 7.76. The van der Waals surface area contributed by atoms with Crippen molar-refractivity contribution in [3.8, 4) is 11.3 Å². The van der Waals surface area contributed by atoms with Crippen LogP contribution in [0.4, 0.5) is 5.13 Å². The van der Waals surface area contributed by atoms with E-state index in [1.807, 2.05) is 24.3 Å². The molecule has 2 nitrogen and oxygen atoms in total. The van der Waals surface area contributed by atoms with Crippen LogP contribution in [0.1, 0.15) is 40.0 Å². The van der Waals surface area contributed by atoms with Gasteiger partial charge < -0.3 is 4.90 Å². The van der Waals surface area contributed by atoms with E-state index in [2.05, 4.69) is 31.1 Å². The first-order valence-electron chi connectivity index (χ1n) is 8.32. The molecular formula is C19H23ClN2S. The minimum Gasteiger partial charge on any atom is -0.345 e. The summed E-state index contributed by atoms with van der Waals surface area (Å²) in [6, 6.07) is 8.61. The Morgan fingerprint density at radius 1 is 1.17 bits per heavy atom. The molecule has 2 aromatic rings. The molecule has 0 N–H and O–H groups in total. The van der Waals surface area contributed by atoms with E-state index in [0.29, 0.717) is 16.9 Å². The van der Waals surface area contributed by atoms with E-state index in [4.69, 9.17) is 16.6 Å². The maximum atomic E-state index is 5.98. The van der Waals surface area contributed by atoms with Crippen molar-refractivity contribution in [1.29, 1.82) is 0 Å². The number of halogens is 1. The Morgan fingerprint density at radius 2 is 1.91 bits per heavy atom. The molecule has 122 valence electrons. The SMILES string of the molecule is CC1(C)C[C@@H]2C[C@@](C)(CN2c2nc(-c3ccc(Cl)cc3)cs2)C1. The molecule has 0 amide bonds. The maximum absolute atomic E-state index is 5.98. The van der Waals surface area contributed by atoms with Gasteiger partial charge in [0, 0.05) is 28.6 Å². The van der Waals surface area contributed by atoms with Gasteiger partial charge in [0.15, 0.2) is 5.13 Å². The molecule has 23 heavy (non-hydrogen) atoms. The third-order valence-corrected chi connectivity index (χ3v) is 6.42. The molecule has 4 rings (SSSR count). The normalized spacial score (nSPS) is 29.0. The van der Waals surface area contributed by atoms with Crippen LogP contribution in [0.2, 0.25) is 5.02 Å². The number of hydrogen-bond acceptors (Lipinski definition) is 3. The molecule has 2 heterocycles. The number of hydrogen-bond donors (Lipinski definition) is 0. The van der Waals surface area contributed by atoms with E-state index in [9.17, 15) is 0 Å². The second-order valence-corrected chi connectivity index (χ2v) is 9.64. The van der Waals surface area contributed by atoms with Gasteiger partial charge in [0.05, 0.1) is 5.69 Å². The third kappa shape index (κ3) is 2.89. The number of anilines is 1. The lowest BCUT2D eigenvalue weighted by atomic mass is 9.65. The molecule has 0 radical (unpaired) electrons. The Bertz CT molecular complexity index is 721. The molecule has 2 fully saturated rings. The summed E-state index contributed by atoms with van der Waals surface area (Å²) < 4.78 is 0. The second-order valence-electron chi connectivity index (χ2n) is 8.36. The van der Waals surface area contributed by atoms with Gasteiger partial charge >= 0.3 is 0 Å². The molecule has 1 aromatic heterocycles. The highest BCUT2D eigenvalue weighted by Gasteiger charge is 2.50. The van der Waals surface area contributed by atoms with Crippen LogP contribution in [0.5, 0.6) is 0 Å². The van der Waals surface area contributed by atoms with Crippen LogP contribution in [0.25, 0.3) is 11.3 Å². The van der Waals surface area contributed by atoms with Crippen LogP contribution in [0.3, 0.4) is 0 Å². The van der Waals surface area contributed by atoms with Gasteiger partial charge in [-0.2, -0.15) is 0 Å². The van der Waals surface area contributed by atoms with Crippen LogP contribution in [0.15, 0.2) is 29.6 Å². The molecule has 1 saturated heterocycles. The number of fused-ring (bicyclic) bond motifs is 2. The summed E-state index contributed by atoms with van der Waals surface area (Å²) in [6.45, 7) is 8.44. The van der Waals surface area contributed by atoms with E-state index in [1.54, 1.807) is 11.3 Å². The Hall–Kier alpha value is -1.06. The van der Waals surface area contributed by atoms with Gasteiger partial charge in [-0.25, -0.2) is 4.98 Å². The Labute approximate surface area is 147 Å². The number of rotatable bonds is 2. The summed E-state index contributed by atoms with van der Waals surface area (Å²) in [5, 5.41) is 4.13. The minimum absolute atomic E-state index is 0.443. The topological polar surface area (TPSA) is 16.1 Å². The zero-order valence-corrected chi connectivity index (χ0v) is 15.5. The smallest absolute Gasteiger partial charge is 0.186 e.